The normalized spacial score (nSPS) is 10.8. The quantitative estimate of drug-likeness (QED) is 0.565. The molecule has 0 spiro atoms. The summed E-state index contributed by atoms with van der Waals surface area (Å²) in [5.41, 5.74) is 8.81. The van der Waals surface area contributed by atoms with Crippen LogP contribution in [0.2, 0.25) is 0 Å². The highest BCUT2D eigenvalue weighted by atomic mass is 16.5. The molecule has 0 aliphatic carbocycles. The fourth-order valence-electron chi connectivity index (χ4n) is 1.60. The largest absolute Gasteiger partial charge is 0.399 e. The molecule has 3 N–H and O–H groups in total. The first-order valence-electron chi connectivity index (χ1n) is 6.26. The summed E-state index contributed by atoms with van der Waals surface area (Å²) in [4.78, 5) is 0. The van der Waals surface area contributed by atoms with Crippen LogP contribution in [0.5, 0.6) is 0 Å². The molecule has 0 unspecified atom stereocenters. The van der Waals surface area contributed by atoms with E-state index in [0.717, 1.165) is 37.6 Å². The minimum atomic E-state index is 0.708. The molecule has 17 heavy (non-hydrogen) atoms. The molecule has 0 heterocycles. The highest BCUT2D eigenvalue weighted by molar-refractivity contribution is 5.56. The van der Waals surface area contributed by atoms with E-state index in [1.165, 1.54) is 5.56 Å². The van der Waals surface area contributed by atoms with Gasteiger partial charge in [0.05, 0.1) is 6.61 Å². The Hall–Kier alpha value is -1.22. The number of hydrogen-bond donors (Lipinski definition) is 2. The minimum absolute atomic E-state index is 0.708. The molecule has 0 atom stereocenters. The maximum absolute atomic E-state index is 5.77. The van der Waals surface area contributed by atoms with Crippen molar-refractivity contribution >= 4 is 11.4 Å². The second-order valence-electron chi connectivity index (χ2n) is 4.85. The number of ether oxygens (including phenoxy) is 1. The molecule has 0 amide bonds. The zero-order valence-electron chi connectivity index (χ0n) is 11.1. The van der Waals surface area contributed by atoms with Crippen molar-refractivity contribution in [2.75, 3.05) is 30.8 Å². The smallest absolute Gasteiger partial charge is 0.0639 e. The molecule has 1 aromatic rings. The average molecular weight is 236 g/mol. The Morgan fingerprint density at radius 2 is 2.00 bits per heavy atom. The predicted molar refractivity (Wildman–Crippen MR) is 74.4 cm³/mol. The first-order valence-corrected chi connectivity index (χ1v) is 6.26. The molecule has 1 aromatic carbocycles. The third-order valence-electron chi connectivity index (χ3n) is 2.51. The number of anilines is 2. The van der Waals surface area contributed by atoms with E-state index in [1.807, 2.05) is 19.1 Å². The number of nitrogen functional groups attached to an aromatic ring is 1. The lowest BCUT2D eigenvalue weighted by molar-refractivity contribution is 0.132. The molecule has 96 valence electrons. The number of aryl methyl sites for hydroxylation is 1. The number of nitrogens with two attached hydrogens (primary N) is 1. The summed E-state index contributed by atoms with van der Waals surface area (Å²) in [5, 5.41) is 3.31. The fraction of sp³-hybridized carbons (Fsp3) is 0.571. The molecule has 0 bridgehead atoms. The van der Waals surface area contributed by atoms with Gasteiger partial charge in [-0.2, -0.15) is 0 Å². The summed E-state index contributed by atoms with van der Waals surface area (Å²) >= 11 is 0. The van der Waals surface area contributed by atoms with Crippen LogP contribution in [0.1, 0.15) is 25.8 Å². The van der Waals surface area contributed by atoms with Crippen LogP contribution in [-0.4, -0.2) is 19.8 Å². The van der Waals surface area contributed by atoms with E-state index in [1.54, 1.807) is 0 Å². The molecule has 0 fully saturated rings. The summed E-state index contributed by atoms with van der Waals surface area (Å²) in [6.07, 6.45) is 1.12. The number of hydrogen-bond acceptors (Lipinski definition) is 3. The molecular weight excluding hydrogens is 212 g/mol. The van der Waals surface area contributed by atoms with Gasteiger partial charge in [0.2, 0.25) is 0 Å². The van der Waals surface area contributed by atoms with Gasteiger partial charge in [0.25, 0.3) is 0 Å². The Kier molecular flexibility index (Phi) is 5.84. The Labute approximate surface area is 104 Å². The lowest BCUT2D eigenvalue weighted by Crippen LogP contribution is -2.11. The third kappa shape index (κ3) is 6.17. The Morgan fingerprint density at radius 1 is 1.24 bits per heavy atom. The molecular formula is C14H24N2O. The summed E-state index contributed by atoms with van der Waals surface area (Å²) < 4.78 is 5.53. The topological polar surface area (TPSA) is 47.3 Å². The zero-order chi connectivity index (χ0) is 12.7. The van der Waals surface area contributed by atoms with E-state index in [2.05, 4.69) is 25.2 Å². The molecule has 0 aromatic heterocycles. The van der Waals surface area contributed by atoms with Crippen molar-refractivity contribution in [1.29, 1.82) is 0 Å². The maximum Gasteiger partial charge on any atom is 0.0639 e. The van der Waals surface area contributed by atoms with Gasteiger partial charge >= 0.3 is 0 Å². The number of nitrogens with one attached hydrogen (secondary N) is 1. The SMILES string of the molecule is Cc1cc(N)cc(NCCOCCC(C)C)c1. The molecule has 1 rings (SSSR count). The average Bonchev–Trinajstić information content (AvgIpc) is 2.21. The second-order valence-corrected chi connectivity index (χ2v) is 4.85. The van der Waals surface area contributed by atoms with E-state index < -0.39 is 0 Å². The van der Waals surface area contributed by atoms with Gasteiger partial charge in [0, 0.05) is 24.5 Å². The van der Waals surface area contributed by atoms with Gasteiger partial charge in [0.1, 0.15) is 0 Å². The van der Waals surface area contributed by atoms with Gasteiger partial charge in [-0.15, -0.1) is 0 Å². The van der Waals surface area contributed by atoms with Crippen molar-refractivity contribution in [2.24, 2.45) is 5.92 Å². The van der Waals surface area contributed by atoms with Crippen LogP contribution in [0, 0.1) is 12.8 Å². The van der Waals surface area contributed by atoms with Crippen LogP contribution in [0.4, 0.5) is 11.4 Å². The molecule has 3 heteroatoms. The predicted octanol–water partition coefficient (Wildman–Crippen LogP) is 3.05. The van der Waals surface area contributed by atoms with Crippen LogP contribution < -0.4 is 11.1 Å². The monoisotopic (exact) mass is 236 g/mol. The third-order valence-corrected chi connectivity index (χ3v) is 2.51. The van der Waals surface area contributed by atoms with Crippen LogP contribution in [0.3, 0.4) is 0 Å². The number of rotatable bonds is 7. The van der Waals surface area contributed by atoms with E-state index in [0.29, 0.717) is 5.92 Å². The molecule has 0 aliphatic rings. The van der Waals surface area contributed by atoms with Gasteiger partial charge in [0.15, 0.2) is 0 Å². The Bertz CT molecular complexity index is 317. The maximum atomic E-state index is 5.77. The van der Waals surface area contributed by atoms with Crippen molar-refractivity contribution < 1.29 is 4.74 Å². The zero-order valence-corrected chi connectivity index (χ0v) is 11.1. The van der Waals surface area contributed by atoms with Crippen molar-refractivity contribution in [1.82, 2.24) is 0 Å². The first-order chi connectivity index (χ1) is 8.08. The van der Waals surface area contributed by atoms with Gasteiger partial charge in [-0.1, -0.05) is 13.8 Å². The van der Waals surface area contributed by atoms with Crippen molar-refractivity contribution in [3.63, 3.8) is 0 Å². The van der Waals surface area contributed by atoms with Gasteiger partial charge in [-0.25, -0.2) is 0 Å². The fourth-order valence-corrected chi connectivity index (χ4v) is 1.60. The van der Waals surface area contributed by atoms with Crippen molar-refractivity contribution in [2.45, 2.75) is 27.2 Å². The lowest BCUT2D eigenvalue weighted by Gasteiger charge is -2.09. The highest BCUT2D eigenvalue weighted by Gasteiger charge is 1.96. The number of benzene rings is 1. The standard InChI is InChI=1S/C14H24N2O/c1-11(2)4-6-17-7-5-16-14-9-12(3)8-13(15)10-14/h8-11,16H,4-7,15H2,1-3H3. The molecule has 0 saturated heterocycles. The summed E-state index contributed by atoms with van der Waals surface area (Å²) in [7, 11) is 0. The van der Waals surface area contributed by atoms with E-state index >= 15 is 0 Å². The van der Waals surface area contributed by atoms with E-state index in [-0.39, 0.29) is 0 Å². The first kappa shape index (κ1) is 13.8. The molecule has 0 saturated carbocycles. The van der Waals surface area contributed by atoms with Crippen molar-refractivity contribution in [3.8, 4) is 0 Å². The second kappa shape index (κ2) is 7.17. The summed E-state index contributed by atoms with van der Waals surface area (Å²) in [5.74, 6) is 0.708. The molecule has 0 aliphatic heterocycles. The van der Waals surface area contributed by atoms with Gasteiger partial charge < -0.3 is 15.8 Å². The van der Waals surface area contributed by atoms with Crippen LogP contribution in [-0.2, 0) is 4.74 Å². The van der Waals surface area contributed by atoms with E-state index in [9.17, 15) is 0 Å². The van der Waals surface area contributed by atoms with Gasteiger partial charge in [-0.3, -0.25) is 0 Å². The minimum Gasteiger partial charge on any atom is -0.399 e. The molecule has 0 radical (unpaired) electrons. The Balaban J connectivity index is 2.18. The van der Waals surface area contributed by atoms with Gasteiger partial charge in [-0.05, 0) is 43.0 Å². The van der Waals surface area contributed by atoms with Crippen LogP contribution in [0.25, 0.3) is 0 Å². The van der Waals surface area contributed by atoms with E-state index in [4.69, 9.17) is 10.5 Å². The lowest BCUT2D eigenvalue weighted by atomic mass is 10.1. The van der Waals surface area contributed by atoms with Crippen LogP contribution in [0.15, 0.2) is 18.2 Å². The summed E-state index contributed by atoms with van der Waals surface area (Å²) in [6.45, 7) is 8.85. The Morgan fingerprint density at radius 3 is 2.65 bits per heavy atom. The van der Waals surface area contributed by atoms with Crippen LogP contribution >= 0.6 is 0 Å². The molecule has 3 nitrogen and oxygen atoms in total. The van der Waals surface area contributed by atoms with Crippen molar-refractivity contribution in [3.05, 3.63) is 23.8 Å². The summed E-state index contributed by atoms with van der Waals surface area (Å²) in [6, 6.07) is 6.00. The highest BCUT2D eigenvalue weighted by Crippen LogP contribution is 2.15.